The van der Waals surface area contributed by atoms with Crippen LogP contribution in [-0.2, 0) is 4.79 Å². The molecule has 0 fully saturated rings. The fraction of sp³-hybridized carbons (Fsp3) is 0.364. The van der Waals surface area contributed by atoms with Gasteiger partial charge in [-0.1, -0.05) is 20.8 Å². The van der Waals surface area contributed by atoms with Crippen molar-refractivity contribution in [1.82, 2.24) is 19.5 Å². The Morgan fingerprint density at radius 1 is 1.47 bits per heavy atom. The molecule has 1 N–H and O–H groups in total. The number of carbonyl (C=O) groups excluding carboxylic acids is 1. The fourth-order valence-corrected chi connectivity index (χ4v) is 1.79. The molecule has 0 unspecified atom stereocenters. The molecule has 0 aromatic carbocycles. The zero-order valence-electron chi connectivity index (χ0n) is 10.6. The van der Waals surface area contributed by atoms with E-state index in [0.29, 0.717) is 15.9 Å². The molecule has 0 aliphatic carbocycles. The van der Waals surface area contributed by atoms with Crippen LogP contribution in [0.4, 0.5) is 5.82 Å². The molecule has 2 aromatic rings. The third-order valence-corrected chi connectivity index (χ3v) is 2.95. The number of amides is 1. The monoisotopic (exact) mass is 322 g/mol. The number of fused-ring (bicyclic) bond motifs is 1. The van der Waals surface area contributed by atoms with Crippen LogP contribution in [0.3, 0.4) is 0 Å². The lowest BCUT2D eigenvalue weighted by molar-refractivity contribution is -0.123. The van der Waals surface area contributed by atoms with Gasteiger partial charge in [0, 0.05) is 5.41 Å². The molecule has 0 saturated carbocycles. The molecule has 98 valence electrons. The number of halogens is 1. The van der Waals surface area contributed by atoms with Gasteiger partial charge in [-0.3, -0.25) is 4.79 Å². The van der Waals surface area contributed by atoms with E-state index in [1.807, 2.05) is 6.19 Å². The van der Waals surface area contributed by atoms with Crippen LogP contribution in [0.25, 0.3) is 11.2 Å². The molecule has 2 heterocycles. The van der Waals surface area contributed by atoms with Crippen LogP contribution >= 0.6 is 15.9 Å². The van der Waals surface area contributed by atoms with Crippen molar-refractivity contribution in [3.8, 4) is 6.19 Å². The SMILES string of the molecule is CC(C)(C)C(=O)Nc1ncnc2nc(Br)n(C#N)c12. The summed E-state index contributed by atoms with van der Waals surface area (Å²) in [6.07, 6.45) is 3.24. The van der Waals surface area contributed by atoms with Crippen LogP contribution < -0.4 is 5.32 Å². The summed E-state index contributed by atoms with van der Waals surface area (Å²) < 4.78 is 1.53. The molecule has 2 aromatic heterocycles. The van der Waals surface area contributed by atoms with Crippen molar-refractivity contribution in [2.24, 2.45) is 5.41 Å². The van der Waals surface area contributed by atoms with Crippen LogP contribution in [0, 0.1) is 16.9 Å². The molecule has 1 amide bonds. The Morgan fingerprint density at radius 3 is 2.74 bits per heavy atom. The first kappa shape index (κ1) is 13.4. The molecule has 0 aliphatic heterocycles. The molecule has 0 saturated heterocycles. The molecule has 0 bridgehead atoms. The van der Waals surface area contributed by atoms with Crippen molar-refractivity contribution < 1.29 is 4.79 Å². The lowest BCUT2D eigenvalue weighted by atomic mass is 9.96. The van der Waals surface area contributed by atoms with E-state index in [4.69, 9.17) is 5.26 Å². The maximum Gasteiger partial charge on any atom is 0.230 e. The summed E-state index contributed by atoms with van der Waals surface area (Å²) in [7, 11) is 0. The molecule has 0 spiro atoms. The summed E-state index contributed by atoms with van der Waals surface area (Å²) in [5, 5.41) is 11.8. The predicted octanol–water partition coefficient (Wildman–Crippen LogP) is 1.90. The average Bonchev–Trinajstić information content (AvgIpc) is 2.64. The zero-order valence-corrected chi connectivity index (χ0v) is 12.2. The Morgan fingerprint density at radius 2 is 2.16 bits per heavy atom. The van der Waals surface area contributed by atoms with Crippen LogP contribution in [0.1, 0.15) is 20.8 Å². The Balaban J connectivity index is 2.56. The number of carbonyl (C=O) groups is 1. The second-order valence-corrected chi connectivity index (χ2v) is 5.62. The first-order chi connectivity index (χ1) is 8.84. The van der Waals surface area contributed by atoms with Gasteiger partial charge >= 0.3 is 0 Å². The number of anilines is 1. The summed E-state index contributed by atoms with van der Waals surface area (Å²) in [5.41, 5.74) is 0.147. The summed E-state index contributed by atoms with van der Waals surface area (Å²) in [4.78, 5) is 24.0. The highest BCUT2D eigenvalue weighted by Crippen LogP contribution is 2.24. The first-order valence-electron chi connectivity index (χ1n) is 5.45. The second kappa shape index (κ2) is 4.59. The number of hydrogen-bond donors (Lipinski definition) is 1. The quantitative estimate of drug-likeness (QED) is 0.809. The lowest BCUT2D eigenvalue weighted by Crippen LogP contribution is -2.28. The highest BCUT2D eigenvalue weighted by Gasteiger charge is 2.24. The van der Waals surface area contributed by atoms with Gasteiger partial charge in [-0.05, 0) is 15.9 Å². The summed E-state index contributed by atoms with van der Waals surface area (Å²) in [5.74, 6) is 0.0685. The smallest absolute Gasteiger partial charge is 0.230 e. The van der Waals surface area contributed by atoms with Crippen molar-refractivity contribution in [1.29, 1.82) is 5.26 Å². The zero-order chi connectivity index (χ0) is 14.2. The third kappa shape index (κ3) is 2.42. The lowest BCUT2D eigenvalue weighted by Gasteiger charge is -2.17. The topological polar surface area (TPSA) is 96.5 Å². The fourth-order valence-electron chi connectivity index (χ4n) is 1.36. The second-order valence-electron chi connectivity index (χ2n) is 4.91. The van der Waals surface area contributed by atoms with Gasteiger partial charge in [-0.15, -0.1) is 0 Å². The molecule has 0 atom stereocenters. The molecular weight excluding hydrogens is 312 g/mol. The maximum absolute atomic E-state index is 12.0. The van der Waals surface area contributed by atoms with Crippen molar-refractivity contribution >= 4 is 38.8 Å². The number of hydrogen-bond acceptors (Lipinski definition) is 5. The van der Waals surface area contributed by atoms with Crippen molar-refractivity contribution in [3.05, 3.63) is 11.1 Å². The molecule has 8 heteroatoms. The van der Waals surface area contributed by atoms with E-state index >= 15 is 0 Å². The van der Waals surface area contributed by atoms with Gasteiger partial charge in [-0.2, -0.15) is 5.26 Å². The summed E-state index contributed by atoms with van der Waals surface area (Å²) in [6, 6.07) is 0. The number of nitriles is 1. The Hall–Kier alpha value is -2.01. The van der Waals surface area contributed by atoms with E-state index in [2.05, 4.69) is 36.2 Å². The van der Waals surface area contributed by atoms with E-state index in [9.17, 15) is 4.79 Å². The van der Waals surface area contributed by atoms with Crippen LogP contribution in [0.2, 0.25) is 0 Å². The summed E-state index contributed by atoms with van der Waals surface area (Å²) in [6.45, 7) is 5.37. The van der Waals surface area contributed by atoms with E-state index in [-0.39, 0.29) is 11.7 Å². The van der Waals surface area contributed by atoms with Gasteiger partial charge in [0.25, 0.3) is 0 Å². The Bertz CT molecular complexity index is 693. The van der Waals surface area contributed by atoms with Gasteiger partial charge < -0.3 is 5.32 Å². The van der Waals surface area contributed by atoms with Crippen molar-refractivity contribution in [2.45, 2.75) is 20.8 Å². The predicted molar refractivity (Wildman–Crippen MR) is 72.1 cm³/mol. The number of nitrogens with zero attached hydrogens (tertiary/aromatic N) is 5. The van der Waals surface area contributed by atoms with Crippen molar-refractivity contribution in [3.63, 3.8) is 0 Å². The highest BCUT2D eigenvalue weighted by atomic mass is 79.9. The molecule has 0 radical (unpaired) electrons. The number of nitrogens with one attached hydrogen (secondary N) is 1. The van der Waals surface area contributed by atoms with Gasteiger partial charge in [0.05, 0.1) is 0 Å². The number of aromatic nitrogens is 4. The highest BCUT2D eigenvalue weighted by molar-refractivity contribution is 9.10. The number of imidazole rings is 1. The van der Waals surface area contributed by atoms with E-state index in [1.165, 1.54) is 10.9 Å². The third-order valence-electron chi connectivity index (χ3n) is 2.42. The van der Waals surface area contributed by atoms with E-state index in [1.54, 1.807) is 20.8 Å². The Kier molecular flexibility index (Phi) is 3.24. The standard InChI is InChI=1S/C11H11BrN6O/c1-11(2,3)9(19)16-7-6-8(15-5-14-7)17-10(12)18(6)4-13/h5H,1-3H3,(H,14,15,16,19). The average molecular weight is 323 g/mol. The minimum Gasteiger partial charge on any atom is -0.308 e. The maximum atomic E-state index is 12.0. The van der Waals surface area contributed by atoms with E-state index in [0.717, 1.165) is 0 Å². The molecule has 0 aliphatic rings. The van der Waals surface area contributed by atoms with Crippen LogP contribution in [0.5, 0.6) is 0 Å². The molecular formula is C11H11BrN6O. The largest absolute Gasteiger partial charge is 0.308 e. The van der Waals surface area contributed by atoms with Crippen LogP contribution in [0.15, 0.2) is 11.1 Å². The van der Waals surface area contributed by atoms with Crippen LogP contribution in [-0.4, -0.2) is 25.4 Å². The molecule has 19 heavy (non-hydrogen) atoms. The minimum atomic E-state index is -0.563. The van der Waals surface area contributed by atoms with Crippen molar-refractivity contribution in [2.75, 3.05) is 5.32 Å². The first-order valence-corrected chi connectivity index (χ1v) is 6.24. The summed E-state index contributed by atoms with van der Waals surface area (Å²) >= 11 is 3.16. The molecule has 2 rings (SSSR count). The van der Waals surface area contributed by atoms with Gasteiger partial charge in [0.2, 0.25) is 5.91 Å². The number of rotatable bonds is 1. The van der Waals surface area contributed by atoms with Gasteiger partial charge in [0.1, 0.15) is 11.8 Å². The molecule has 7 nitrogen and oxygen atoms in total. The normalized spacial score (nSPS) is 11.3. The minimum absolute atomic E-state index is 0.200. The van der Waals surface area contributed by atoms with Gasteiger partial charge in [-0.25, -0.2) is 19.5 Å². The Labute approximate surface area is 117 Å². The van der Waals surface area contributed by atoms with Gasteiger partial charge in [0.15, 0.2) is 22.4 Å². The van der Waals surface area contributed by atoms with E-state index < -0.39 is 5.41 Å².